The molecule has 9 heteroatoms. The van der Waals surface area contributed by atoms with Gasteiger partial charge in [-0.15, -0.1) is 0 Å². The first-order valence-corrected chi connectivity index (χ1v) is 9.81. The number of benzene rings is 2. The fourth-order valence-electron chi connectivity index (χ4n) is 2.57. The summed E-state index contributed by atoms with van der Waals surface area (Å²) in [7, 11) is 0. The first kappa shape index (κ1) is 23.5. The number of amides is 1. The summed E-state index contributed by atoms with van der Waals surface area (Å²) in [5, 5.41) is 13.2. The maximum atomic E-state index is 12.2. The number of carbonyl (C=O) groups is 3. The summed E-state index contributed by atoms with van der Waals surface area (Å²) in [6, 6.07) is 12.1. The lowest BCUT2D eigenvalue weighted by Gasteiger charge is -2.13. The number of rotatable bonds is 11. The summed E-state index contributed by atoms with van der Waals surface area (Å²) in [4.78, 5) is 46.6. The average Bonchev–Trinajstić information content (AvgIpc) is 2.76. The van der Waals surface area contributed by atoms with Crippen molar-refractivity contribution >= 4 is 29.0 Å². The molecule has 2 aromatic rings. The number of hydrogen-bond donors (Lipinski definition) is 1. The molecular weight excluding hydrogens is 404 g/mol. The van der Waals surface area contributed by atoms with Crippen molar-refractivity contribution in [2.24, 2.45) is 0 Å². The minimum Gasteiger partial charge on any atom is -0.494 e. The molecule has 1 N–H and O–H groups in total. The Morgan fingerprint density at radius 2 is 1.81 bits per heavy atom. The molecule has 9 nitrogen and oxygen atoms in total. The Labute approximate surface area is 179 Å². The lowest BCUT2D eigenvalue weighted by Crippen LogP contribution is -2.30. The number of carbonyl (C=O) groups excluding carboxylic acids is 3. The molecule has 0 saturated carbocycles. The van der Waals surface area contributed by atoms with Gasteiger partial charge in [0, 0.05) is 29.8 Å². The molecule has 0 fully saturated rings. The molecule has 1 unspecified atom stereocenters. The number of nitrogens with zero attached hydrogens (tertiary/aromatic N) is 1. The van der Waals surface area contributed by atoms with Gasteiger partial charge in [-0.25, -0.2) is 0 Å². The van der Waals surface area contributed by atoms with Gasteiger partial charge in [-0.2, -0.15) is 0 Å². The quantitative estimate of drug-likeness (QED) is 0.249. The summed E-state index contributed by atoms with van der Waals surface area (Å²) in [5.41, 5.74) is 0.489. The molecule has 0 aliphatic carbocycles. The van der Waals surface area contributed by atoms with Crippen molar-refractivity contribution in [3.8, 4) is 5.75 Å². The van der Waals surface area contributed by atoms with Crippen LogP contribution in [-0.4, -0.2) is 35.3 Å². The highest BCUT2D eigenvalue weighted by Gasteiger charge is 2.19. The number of nitrogens with one attached hydrogen (secondary N) is 1. The van der Waals surface area contributed by atoms with Crippen LogP contribution in [0.1, 0.15) is 43.5 Å². The normalized spacial score (nSPS) is 11.3. The third-order valence-electron chi connectivity index (χ3n) is 4.21. The van der Waals surface area contributed by atoms with Crippen molar-refractivity contribution in [2.45, 2.75) is 39.2 Å². The second-order valence-electron chi connectivity index (χ2n) is 6.72. The maximum absolute atomic E-state index is 12.2. The average molecular weight is 428 g/mol. The second-order valence-corrected chi connectivity index (χ2v) is 6.72. The van der Waals surface area contributed by atoms with E-state index in [9.17, 15) is 24.5 Å². The van der Waals surface area contributed by atoms with Crippen LogP contribution in [0.5, 0.6) is 5.75 Å². The van der Waals surface area contributed by atoms with E-state index in [-0.39, 0.29) is 30.0 Å². The first-order chi connectivity index (χ1) is 14.8. The topological polar surface area (TPSA) is 125 Å². The molecule has 0 aliphatic heterocycles. The van der Waals surface area contributed by atoms with E-state index in [1.165, 1.54) is 31.2 Å². The van der Waals surface area contributed by atoms with Crippen LogP contribution in [0.2, 0.25) is 0 Å². The Hall–Kier alpha value is -3.75. The van der Waals surface area contributed by atoms with Crippen LogP contribution < -0.4 is 10.1 Å². The predicted octanol–water partition coefficient (Wildman–Crippen LogP) is 3.92. The van der Waals surface area contributed by atoms with Gasteiger partial charge in [-0.3, -0.25) is 24.5 Å². The molecule has 164 valence electrons. The number of nitro groups is 1. The largest absolute Gasteiger partial charge is 0.494 e. The van der Waals surface area contributed by atoms with E-state index in [1.54, 1.807) is 24.3 Å². The molecule has 0 heterocycles. The molecule has 0 bridgehead atoms. The Kier molecular flexibility index (Phi) is 8.68. The number of non-ortho nitro benzene ring substituents is 1. The van der Waals surface area contributed by atoms with Crippen LogP contribution in [0.15, 0.2) is 48.5 Å². The Morgan fingerprint density at radius 1 is 1.10 bits per heavy atom. The SMILES string of the molecule is CCCOc1ccc(C(=O)CCC(=O)OC(C)C(=O)Nc2cccc([N+](=O)[O-])c2)cc1. The zero-order chi connectivity index (χ0) is 22.8. The number of esters is 1. The first-order valence-electron chi connectivity index (χ1n) is 9.81. The zero-order valence-corrected chi connectivity index (χ0v) is 17.3. The lowest BCUT2D eigenvalue weighted by molar-refractivity contribution is -0.384. The number of ether oxygens (including phenoxy) is 2. The molecule has 0 aliphatic rings. The van der Waals surface area contributed by atoms with Crippen molar-refractivity contribution in [1.29, 1.82) is 0 Å². The van der Waals surface area contributed by atoms with Gasteiger partial charge < -0.3 is 14.8 Å². The minimum atomic E-state index is -1.13. The van der Waals surface area contributed by atoms with Crippen molar-refractivity contribution < 1.29 is 28.8 Å². The fourth-order valence-corrected chi connectivity index (χ4v) is 2.57. The summed E-state index contributed by atoms with van der Waals surface area (Å²) < 4.78 is 10.5. The fraction of sp³-hybridized carbons (Fsp3) is 0.318. The van der Waals surface area contributed by atoms with Crippen LogP contribution in [0.4, 0.5) is 11.4 Å². The van der Waals surface area contributed by atoms with E-state index in [1.807, 2.05) is 6.92 Å². The van der Waals surface area contributed by atoms with E-state index >= 15 is 0 Å². The molecule has 31 heavy (non-hydrogen) atoms. The van der Waals surface area contributed by atoms with Gasteiger partial charge in [0.15, 0.2) is 11.9 Å². The van der Waals surface area contributed by atoms with Crippen LogP contribution in [0, 0.1) is 10.1 Å². The van der Waals surface area contributed by atoms with Crippen LogP contribution in [-0.2, 0) is 14.3 Å². The molecule has 1 atom stereocenters. The van der Waals surface area contributed by atoms with Crippen molar-refractivity contribution in [3.05, 3.63) is 64.2 Å². The summed E-state index contributed by atoms with van der Waals surface area (Å²) in [6.45, 7) is 3.96. The summed E-state index contributed by atoms with van der Waals surface area (Å²) >= 11 is 0. The summed E-state index contributed by atoms with van der Waals surface area (Å²) in [5.74, 6) is -0.894. The van der Waals surface area contributed by atoms with Crippen molar-refractivity contribution in [2.75, 3.05) is 11.9 Å². The molecule has 0 spiro atoms. The number of nitro benzene ring substituents is 1. The smallest absolute Gasteiger partial charge is 0.307 e. The highest BCUT2D eigenvalue weighted by molar-refractivity contribution is 5.98. The second kappa shape index (κ2) is 11.4. The molecule has 0 radical (unpaired) electrons. The van der Waals surface area contributed by atoms with Crippen LogP contribution in [0.3, 0.4) is 0 Å². The van der Waals surface area contributed by atoms with Gasteiger partial charge in [0.25, 0.3) is 11.6 Å². The molecular formula is C22H24N2O7. The van der Waals surface area contributed by atoms with Crippen molar-refractivity contribution in [1.82, 2.24) is 0 Å². The van der Waals surface area contributed by atoms with Gasteiger partial charge >= 0.3 is 5.97 Å². The van der Waals surface area contributed by atoms with Gasteiger partial charge in [0.1, 0.15) is 5.75 Å². The number of anilines is 1. The Bertz CT molecular complexity index is 941. The lowest BCUT2D eigenvalue weighted by atomic mass is 10.1. The maximum Gasteiger partial charge on any atom is 0.307 e. The van der Waals surface area contributed by atoms with Crippen molar-refractivity contribution in [3.63, 3.8) is 0 Å². The molecule has 0 saturated heterocycles. The van der Waals surface area contributed by atoms with Gasteiger partial charge in [-0.05, 0) is 43.7 Å². The summed E-state index contributed by atoms with van der Waals surface area (Å²) in [6.07, 6.45) is -0.490. The van der Waals surface area contributed by atoms with E-state index in [0.717, 1.165) is 6.42 Å². The zero-order valence-electron chi connectivity index (χ0n) is 17.3. The third-order valence-corrected chi connectivity index (χ3v) is 4.21. The highest BCUT2D eigenvalue weighted by atomic mass is 16.6. The molecule has 2 aromatic carbocycles. The third kappa shape index (κ3) is 7.54. The van der Waals surface area contributed by atoms with E-state index in [0.29, 0.717) is 17.9 Å². The Morgan fingerprint density at radius 3 is 2.45 bits per heavy atom. The number of hydrogen-bond acceptors (Lipinski definition) is 7. The molecule has 1 amide bonds. The van der Waals surface area contributed by atoms with Gasteiger partial charge in [-0.1, -0.05) is 13.0 Å². The molecule has 2 rings (SSSR count). The highest BCUT2D eigenvalue weighted by Crippen LogP contribution is 2.18. The van der Waals surface area contributed by atoms with Gasteiger partial charge in [0.2, 0.25) is 0 Å². The van der Waals surface area contributed by atoms with Gasteiger partial charge in [0.05, 0.1) is 18.0 Å². The minimum absolute atomic E-state index is 0.0623. The number of Topliss-reactive ketones (excluding diaryl/α,β-unsaturated/α-hetero) is 1. The van der Waals surface area contributed by atoms with Crippen LogP contribution in [0.25, 0.3) is 0 Å². The van der Waals surface area contributed by atoms with Crippen LogP contribution >= 0.6 is 0 Å². The standard InChI is InChI=1S/C22H24N2O7/c1-3-13-30-19-9-7-16(8-10-19)20(25)11-12-21(26)31-15(2)22(27)23-17-5-4-6-18(14-17)24(28)29/h4-10,14-15H,3,11-13H2,1-2H3,(H,23,27). The van der Waals surface area contributed by atoms with E-state index in [4.69, 9.17) is 9.47 Å². The van der Waals surface area contributed by atoms with E-state index in [2.05, 4.69) is 5.32 Å². The molecule has 0 aromatic heterocycles. The monoisotopic (exact) mass is 428 g/mol. The number of ketones is 1. The predicted molar refractivity (Wildman–Crippen MR) is 113 cm³/mol. The van der Waals surface area contributed by atoms with E-state index < -0.39 is 22.9 Å². The Balaban J connectivity index is 1.80.